The van der Waals surface area contributed by atoms with Gasteiger partial charge in [0.05, 0.1) is 12.1 Å². The van der Waals surface area contributed by atoms with Crippen LogP contribution in [-0.4, -0.2) is 31.3 Å². The number of unbranched alkanes of at least 4 members (excludes halogenated alkanes) is 4. The Morgan fingerprint density at radius 2 is 1.62 bits per heavy atom. The van der Waals surface area contributed by atoms with Gasteiger partial charge in [0.1, 0.15) is 5.82 Å². The van der Waals surface area contributed by atoms with Crippen LogP contribution in [0.4, 0.5) is 0 Å². The maximum atomic E-state index is 13.0. The second-order valence-corrected chi connectivity index (χ2v) is 8.55. The van der Waals surface area contributed by atoms with Gasteiger partial charge in [0.25, 0.3) is 5.91 Å². The van der Waals surface area contributed by atoms with Crippen LogP contribution in [0.5, 0.6) is 0 Å². The van der Waals surface area contributed by atoms with Gasteiger partial charge in [0.2, 0.25) is 0 Å². The molecule has 3 aromatic rings. The summed E-state index contributed by atoms with van der Waals surface area (Å²) in [6.45, 7) is 4.38. The highest BCUT2D eigenvalue weighted by molar-refractivity contribution is 5.96. The number of benzene rings is 2. The van der Waals surface area contributed by atoms with Crippen molar-refractivity contribution >= 4 is 11.9 Å². The van der Waals surface area contributed by atoms with Crippen molar-refractivity contribution in [1.29, 1.82) is 0 Å². The van der Waals surface area contributed by atoms with E-state index in [-0.39, 0.29) is 17.9 Å². The molecule has 0 aliphatic carbocycles. The molecule has 3 rings (SSSR count). The van der Waals surface area contributed by atoms with Gasteiger partial charge in [-0.25, -0.2) is 9.59 Å². The number of hydrogen-bond donors (Lipinski definition) is 1. The van der Waals surface area contributed by atoms with E-state index in [9.17, 15) is 19.5 Å². The van der Waals surface area contributed by atoms with Gasteiger partial charge in [-0.1, -0.05) is 82.0 Å². The normalized spacial score (nSPS) is 11.0. The Labute approximate surface area is 200 Å². The van der Waals surface area contributed by atoms with Crippen LogP contribution < -0.4 is 5.69 Å². The lowest BCUT2D eigenvalue weighted by molar-refractivity contribution is 0.0697. The van der Waals surface area contributed by atoms with Crippen LogP contribution in [0.2, 0.25) is 0 Å². The fourth-order valence-electron chi connectivity index (χ4n) is 4.04. The standard InChI is InChI=1S/C27H33N3O4/c1-3-5-6-7-8-14-24-28-30(25(31)11-4-2)27(34)29(24)19-20-15-17-21(18-16-20)22-12-9-10-13-23(22)26(32)33/h9-10,12-13,15-18H,3-8,11,14,19H2,1-2H3,(H,32,33). The van der Waals surface area contributed by atoms with Crippen molar-refractivity contribution in [2.75, 3.05) is 0 Å². The van der Waals surface area contributed by atoms with E-state index in [0.717, 1.165) is 41.5 Å². The summed E-state index contributed by atoms with van der Waals surface area (Å²) >= 11 is 0. The van der Waals surface area contributed by atoms with Gasteiger partial charge in [0.15, 0.2) is 0 Å². The lowest BCUT2D eigenvalue weighted by atomic mass is 9.99. The lowest BCUT2D eigenvalue weighted by Crippen LogP contribution is -2.30. The van der Waals surface area contributed by atoms with Gasteiger partial charge in [-0.05, 0) is 35.6 Å². The third-order valence-corrected chi connectivity index (χ3v) is 5.91. The first kappa shape index (κ1) is 25.1. The van der Waals surface area contributed by atoms with Gasteiger partial charge in [-0.2, -0.15) is 0 Å². The SMILES string of the molecule is CCCCCCCc1nn(C(=O)CCC)c(=O)n1Cc1ccc(-c2ccccc2C(=O)O)cc1. The molecule has 0 bridgehead atoms. The van der Waals surface area contributed by atoms with Gasteiger partial charge >= 0.3 is 11.7 Å². The van der Waals surface area contributed by atoms with Gasteiger partial charge in [-0.3, -0.25) is 9.36 Å². The lowest BCUT2D eigenvalue weighted by Gasteiger charge is -2.09. The molecule has 0 radical (unpaired) electrons. The quantitative estimate of drug-likeness (QED) is 0.362. The number of carboxylic acid groups (broad SMARTS) is 1. The summed E-state index contributed by atoms with van der Waals surface area (Å²) < 4.78 is 2.61. The predicted molar refractivity (Wildman–Crippen MR) is 132 cm³/mol. The number of carboxylic acids is 1. The van der Waals surface area contributed by atoms with Crippen molar-refractivity contribution in [3.8, 4) is 11.1 Å². The minimum atomic E-state index is -0.973. The summed E-state index contributed by atoms with van der Waals surface area (Å²) in [6.07, 6.45) is 7.07. The number of rotatable bonds is 12. The fraction of sp³-hybridized carbons (Fsp3) is 0.407. The highest BCUT2D eigenvalue weighted by atomic mass is 16.4. The molecule has 1 N–H and O–H groups in total. The van der Waals surface area contributed by atoms with Gasteiger partial charge in [-0.15, -0.1) is 9.78 Å². The topological polar surface area (TPSA) is 94.2 Å². The number of carbonyl (C=O) groups excluding carboxylic acids is 1. The Kier molecular flexibility index (Phi) is 8.96. The molecule has 2 aromatic carbocycles. The first-order valence-electron chi connectivity index (χ1n) is 12.1. The molecule has 0 fully saturated rings. The number of nitrogens with zero attached hydrogens (tertiary/aromatic N) is 3. The minimum absolute atomic E-state index is 0.243. The van der Waals surface area contributed by atoms with E-state index in [1.54, 1.807) is 22.8 Å². The molecule has 1 heterocycles. The Hall–Kier alpha value is -3.48. The van der Waals surface area contributed by atoms with Crippen molar-refractivity contribution in [1.82, 2.24) is 14.3 Å². The maximum absolute atomic E-state index is 13.0. The number of carbonyl (C=O) groups is 2. The summed E-state index contributed by atoms with van der Waals surface area (Å²) in [5.41, 5.74) is 2.16. The molecule has 7 nitrogen and oxygen atoms in total. The van der Waals surface area contributed by atoms with E-state index in [0.29, 0.717) is 30.8 Å². The molecular weight excluding hydrogens is 430 g/mol. The van der Waals surface area contributed by atoms with Crippen LogP contribution in [0.1, 0.15) is 85.3 Å². The first-order chi connectivity index (χ1) is 16.5. The Balaban J connectivity index is 1.85. The molecule has 0 aliphatic rings. The molecule has 0 saturated carbocycles. The Morgan fingerprint density at radius 1 is 0.912 bits per heavy atom. The van der Waals surface area contributed by atoms with Gasteiger partial charge in [0, 0.05) is 12.8 Å². The Morgan fingerprint density at radius 3 is 2.29 bits per heavy atom. The van der Waals surface area contributed by atoms with Crippen molar-refractivity contribution in [2.45, 2.75) is 71.8 Å². The molecule has 0 aliphatic heterocycles. The minimum Gasteiger partial charge on any atom is -0.478 e. The molecule has 0 amide bonds. The molecule has 0 spiro atoms. The molecule has 0 saturated heterocycles. The molecule has 0 unspecified atom stereocenters. The third kappa shape index (κ3) is 6.10. The van der Waals surface area contributed by atoms with E-state index in [1.165, 1.54) is 6.42 Å². The molecule has 7 heteroatoms. The zero-order valence-electron chi connectivity index (χ0n) is 20.0. The summed E-state index contributed by atoms with van der Waals surface area (Å²) in [5, 5.41) is 13.9. The average Bonchev–Trinajstić information content (AvgIpc) is 3.14. The van der Waals surface area contributed by atoms with Crippen LogP contribution in [0.25, 0.3) is 11.1 Å². The smallest absolute Gasteiger partial charge is 0.353 e. The maximum Gasteiger partial charge on any atom is 0.353 e. The van der Waals surface area contributed by atoms with E-state index in [2.05, 4.69) is 12.0 Å². The Bertz CT molecular complexity index is 1180. The number of aryl methyl sites for hydroxylation is 1. The van der Waals surface area contributed by atoms with Crippen molar-refractivity contribution in [2.24, 2.45) is 0 Å². The molecule has 34 heavy (non-hydrogen) atoms. The fourth-order valence-corrected chi connectivity index (χ4v) is 4.04. The molecular formula is C27H33N3O4. The summed E-state index contributed by atoms with van der Waals surface area (Å²) in [7, 11) is 0. The van der Waals surface area contributed by atoms with Crippen molar-refractivity contribution < 1.29 is 14.7 Å². The second-order valence-electron chi connectivity index (χ2n) is 8.55. The summed E-state index contributed by atoms with van der Waals surface area (Å²) in [4.78, 5) is 37.0. The largest absolute Gasteiger partial charge is 0.478 e. The van der Waals surface area contributed by atoms with E-state index < -0.39 is 11.7 Å². The highest BCUT2D eigenvalue weighted by Crippen LogP contribution is 2.24. The molecule has 180 valence electrons. The molecule has 0 atom stereocenters. The average molecular weight is 464 g/mol. The third-order valence-electron chi connectivity index (χ3n) is 5.91. The zero-order valence-corrected chi connectivity index (χ0v) is 20.0. The van der Waals surface area contributed by atoms with Gasteiger partial charge < -0.3 is 5.11 Å². The predicted octanol–water partition coefficient (Wildman–Crippen LogP) is 5.41. The zero-order chi connectivity index (χ0) is 24.5. The van der Waals surface area contributed by atoms with E-state index in [4.69, 9.17) is 0 Å². The number of aromatic nitrogens is 3. The van der Waals surface area contributed by atoms with Crippen LogP contribution in [0.3, 0.4) is 0 Å². The van der Waals surface area contributed by atoms with Crippen LogP contribution in [0.15, 0.2) is 53.3 Å². The number of hydrogen-bond acceptors (Lipinski definition) is 4. The van der Waals surface area contributed by atoms with Crippen LogP contribution in [-0.2, 0) is 13.0 Å². The monoisotopic (exact) mass is 463 g/mol. The van der Waals surface area contributed by atoms with Crippen molar-refractivity contribution in [3.05, 3.63) is 76.0 Å². The second kappa shape index (κ2) is 12.1. The molecule has 1 aromatic heterocycles. The highest BCUT2D eigenvalue weighted by Gasteiger charge is 2.18. The number of aromatic carboxylic acids is 1. The summed E-state index contributed by atoms with van der Waals surface area (Å²) in [5.74, 6) is -0.621. The van der Waals surface area contributed by atoms with E-state index in [1.807, 2.05) is 37.3 Å². The van der Waals surface area contributed by atoms with E-state index >= 15 is 0 Å². The first-order valence-corrected chi connectivity index (χ1v) is 12.1. The van der Waals surface area contributed by atoms with Crippen molar-refractivity contribution in [3.63, 3.8) is 0 Å². The summed E-state index contributed by atoms with van der Waals surface area (Å²) in [6, 6.07) is 14.4. The van der Waals surface area contributed by atoms with Crippen LogP contribution in [0, 0.1) is 0 Å². The van der Waals surface area contributed by atoms with Crippen LogP contribution >= 0.6 is 0 Å².